The second-order valence-corrected chi connectivity index (χ2v) is 19.5. The molecule has 1 fully saturated rings. The lowest BCUT2D eigenvalue weighted by Gasteiger charge is -2.41. The quantitative estimate of drug-likeness (QED) is 0.0312. The van der Waals surface area contributed by atoms with E-state index < -0.39 is 52.7 Å². The molecular weight excluding hydrogens is 963 g/mol. The van der Waals surface area contributed by atoms with Crippen LogP contribution in [0.3, 0.4) is 0 Å². The first kappa shape index (κ1) is 56.4. The summed E-state index contributed by atoms with van der Waals surface area (Å²) < 4.78 is 62.1. The molecule has 1 aliphatic heterocycles. The summed E-state index contributed by atoms with van der Waals surface area (Å²) in [7, 11) is 1.41. The van der Waals surface area contributed by atoms with Gasteiger partial charge in [-0.2, -0.15) is 10.2 Å². The first-order chi connectivity index (χ1) is 35.3. The van der Waals surface area contributed by atoms with Crippen molar-refractivity contribution in [3.63, 3.8) is 0 Å². The number of hydrogen-bond acceptors (Lipinski definition) is 16. The van der Waals surface area contributed by atoms with Gasteiger partial charge >= 0.3 is 6.09 Å². The third-order valence-electron chi connectivity index (χ3n) is 12.5. The topological polar surface area (TPSA) is 257 Å². The van der Waals surface area contributed by atoms with Gasteiger partial charge in [-0.25, -0.2) is 17.9 Å². The number of amides is 3. The zero-order chi connectivity index (χ0) is 52.2. The Morgan fingerprint density at radius 2 is 1.34 bits per heavy atom. The molecule has 21 heteroatoms. The fraction of sp³-hybridized carbons (Fsp3) is 0.481. The Hall–Kier alpha value is -5.88. The van der Waals surface area contributed by atoms with E-state index in [1.807, 2.05) is 98.7 Å². The fourth-order valence-corrected chi connectivity index (χ4v) is 9.64. The zero-order valence-corrected chi connectivity index (χ0v) is 42.6. The number of aliphatic hydroxyl groups is 2. The van der Waals surface area contributed by atoms with Crippen molar-refractivity contribution in [3.05, 3.63) is 108 Å². The predicted molar refractivity (Wildman–Crippen MR) is 272 cm³/mol. The van der Waals surface area contributed by atoms with Crippen molar-refractivity contribution in [1.29, 1.82) is 0 Å². The Labute approximate surface area is 427 Å². The van der Waals surface area contributed by atoms with Crippen molar-refractivity contribution in [2.75, 3.05) is 92.0 Å². The van der Waals surface area contributed by atoms with Gasteiger partial charge in [0, 0.05) is 58.4 Å². The highest BCUT2D eigenvalue weighted by Crippen LogP contribution is 2.44. The smallest absolute Gasteiger partial charge is 0.407 e. The van der Waals surface area contributed by atoms with Gasteiger partial charge in [0.25, 0.3) is 0 Å². The number of unbranched alkanes of at least 4 members (excludes halogenated alkanes) is 1. The molecule has 6 atom stereocenters. The van der Waals surface area contributed by atoms with Gasteiger partial charge in [-0.05, 0) is 96.5 Å². The number of carbonyl (C=O) groups is 3. The molecule has 6 rings (SSSR count). The van der Waals surface area contributed by atoms with Crippen LogP contribution in [-0.4, -0.2) is 154 Å². The molecule has 3 amide bonds. The molecule has 0 spiro atoms. The summed E-state index contributed by atoms with van der Waals surface area (Å²) in [5, 5.41) is 37.3. The third kappa shape index (κ3) is 16.6. The second-order valence-electron chi connectivity index (χ2n) is 17.7. The molecule has 0 radical (unpaired) electrons. The fourth-order valence-electron chi connectivity index (χ4n) is 8.56. The van der Waals surface area contributed by atoms with E-state index in [0.717, 1.165) is 27.9 Å². The molecule has 0 aromatic heterocycles. The highest BCUT2D eigenvalue weighted by molar-refractivity contribution is 7.89. The van der Waals surface area contributed by atoms with Crippen molar-refractivity contribution < 1.29 is 61.4 Å². The Balaban J connectivity index is 0.902. The number of fused-ring (bicyclic) bond motifs is 3. The van der Waals surface area contributed by atoms with Crippen LogP contribution < -0.4 is 25.6 Å². The number of carbonyl (C=O) groups excluding carboxylic acids is 3. The van der Waals surface area contributed by atoms with E-state index in [0.29, 0.717) is 30.6 Å². The summed E-state index contributed by atoms with van der Waals surface area (Å²) in [6, 6.07) is 28.6. The van der Waals surface area contributed by atoms with Crippen LogP contribution in [0, 0.1) is 5.92 Å². The SMILES string of the molecule is CC[C@@H]1C(COCC(=O)NCCOCCOCCNC(=O)[C@H](CCCCNS(=O)(=O)c2ccc(N=Nc3ccc(N(C)C)cc3)cc2)NC(=O)OCC2c3ccccc3-c3ccccc32)O[C@@H](OC)C(O)[C@H]1O. The molecule has 73 heavy (non-hydrogen) atoms. The van der Waals surface area contributed by atoms with E-state index in [4.69, 9.17) is 28.4 Å². The lowest BCUT2D eigenvalue weighted by Crippen LogP contribution is -2.56. The maximum absolute atomic E-state index is 13.5. The van der Waals surface area contributed by atoms with Gasteiger partial charge in [0.15, 0.2) is 6.29 Å². The van der Waals surface area contributed by atoms with E-state index in [1.165, 1.54) is 19.2 Å². The van der Waals surface area contributed by atoms with Crippen LogP contribution in [0.2, 0.25) is 0 Å². The molecule has 6 N–H and O–H groups in total. The number of aliphatic hydroxyl groups excluding tert-OH is 2. The average Bonchev–Trinajstić information content (AvgIpc) is 3.71. The van der Waals surface area contributed by atoms with Crippen LogP contribution in [-0.2, 0) is 48.0 Å². The highest BCUT2D eigenvalue weighted by Gasteiger charge is 2.44. The van der Waals surface area contributed by atoms with Gasteiger partial charge in [-0.3, -0.25) is 9.59 Å². The standard InChI is InChI=1S/C52H69N7O13S/c1-5-39-46(72-51(67-4)49(62)48(39)61)33-70-34-47(60)53-26-28-68-30-31-69-29-27-54-50(63)45(56-52(64)71-32-44-42-14-8-6-12-40(42)41-13-7-9-15-43(41)44)16-10-11-25-55-73(65,66)38-23-19-36(20-24-38)58-57-35-17-21-37(22-18-35)59(2)3/h6-9,12-15,17-24,39,44-46,48-49,51,55,61-62H,5,10-11,16,25-34H2,1-4H3,(H,53,60)(H,54,63)(H,56,64)/t39-,45+,46?,48+,49?,51-/m1/s1. The normalized spacial score (nSPS) is 19.0. The number of azo groups is 1. The molecule has 20 nitrogen and oxygen atoms in total. The summed E-state index contributed by atoms with van der Waals surface area (Å²) in [4.78, 5) is 41.1. The molecule has 4 aromatic carbocycles. The largest absolute Gasteiger partial charge is 0.449 e. The highest BCUT2D eigenvalue weighted by atomic mass is 32.2. The number of rotatable bonds is 29. The van der Waals surface area contributed by atoms with Crippen molar-refractivity contribution in [2.45, 2.75) is 74.1 Å². The maximum atomic E-state index is 13.5. The molecule has 1 aliphatic carbocycles. The second kappa shape index (κ2) is 28.5. The van der Waals surface area contributed by atoms with Crippen molar-refractivity contribution >= 4 is 45.0 Å². The molecule has 396 valence electrons. The minimum Gasteiger partial charge on any atom is -0.449 e. The van der Waals surface area contributed by atoms with E-state index in [-0.39, 0.29) is 94.9 Å². The molecule has 2 unspecified atom stereocenters. The summed E-state index contributed by atoms with van der Waals surface area (Å²) >= 11 is 0. The Kier molecular flexibility index (Phi) is 22.1. The Morgan fingerprint density at radius 3 is 1.95 bits per heavy atom. The molecule has 4 aromatic rings. The van der Waals surface area contributed by atoms with Gasteiger partial charge in [0.1, 0.15) is 25.4 Å². The van der Waals surface area contributed by atoms with Crippen LogP contribution in [0.1, 0.15) is 49.7 Å². The first-order valence-corrected chi connectivity index (χ1v) is 26.0. The minimum absolute atomic E-state index is 0.0355. The number of nitrogens with one attached hydrogen (secondary N) is 4. The van der Waals surface area contributed by atoms with E-state index >= 15 is 0 Å². The monoisotopic (exact) mass is 1030 g/mol. The lowest BCUT2D eigenvalue weighted by atomic mass is 9.87. The van der Waals surface area contributed by atoms with Crippen LogP contribution in [0.4, 0.5) is 21.9 Å². The van der Waals surface area contributed by atoms with E-state index in [9.17, 15) is 33.0 Å². The molecule has 1 heterocycles. The molecular formula is C52H69N7O13S. The number of anilines is 1. The van der Waals surface area contributed by atoms with Crippen LogP contribution >= 0.6 is 0 Å². The number of alkyl carbamates (subject to hydrolysis) is 1. The molecule has 1 saturated heterocycles. The van der Waals surface area contributed by atoms with E-state index in [2.05, 4.69) is 30.9 Å². The third-order valence-corrected chi connectivity index (χ3v) is 14.0. The number of nitrogens with zero attached hydrogens (tertiary/aromatic N) is 3. The number of methoxy groups -OCH3 is 1. The number of sulfonamides is 1. The van der Waals surface area contributed by atoms with Gasteiger partial charge < -0.3 is 59.5 Å². The Bertz CT molecular complexity index is 2470. The van der Waals surface area contributed by atoms with Crippen LogP contribution in [0.25, 0.3) is 11.1 Å². The summed E-state index contributed by atoms with van der Waals surface area (Å²) in [6.07, 6.45) is -3.03. The number of benzene rings is 4. The van der Waals surface area contributed by atoms with Gasteiger partial charge in [-0.15, -0.1) is 0 Å². The molecule has 2 aliphatic rings. The number of ether oxygens (including phenoxy) is 6. The van der Waals surface area contributed by atoms with Crippen molar-refractivity contribution in [1.82, 2.24) is 20.7 Å². The minimum atomic E-state index is -3.85. The van der Waals surface area contributed by atoms with E-state index in [1.54, 1.807) is 12.1 Å². The predicted octanol–water partition coefficient (Wildman–Crippen LogP) is 4.93. The van der Waals surface area contributed by atoms with Gasteiger partial charge in [0.05, 0.1) is 61.5 Å². The maximum Gasteiger partial charge on any atom is 0.407 e. The molecule has 0 bridgehead atoms. The molecule has 0 saturated carbocycles. The summed E-state index contributed by atoms with van der Waals surface area (Å²) in [6.45, 7) is 3.00. The summed E-state index contributed by atoms with van der Waals surface area (Å²) in [5.74, 6) is -1.37. The Morgan fingerprint density at radius 1 is 0.740 bits per heavy atom. The first-order valence-electron chi connectivity index (χ1n) is 24.5. The van der Waals surface area contributed by atoms with Crippen LogP contribution in [0.15, 0.2) is 112 Å². The van der Waals surface area contributed by atoms with Crippen molar-refractivity contribution in [3.8, 4) is 11.1 Å². The lowest BCUT2D eigenvalue weighted by molar-refractivity contribution is -0.284. The van der Waals surface area contributed by atoms with Crippen LogP contribution in [0.5, 0.6) is 0 Å². The van der Waals surface area contributed by atoms with Gasteiger partial charge in [0.2, 0.25) is 21.8 Å². The van der Waals surface area contributed by atoms with Gasteiger partial charge in [-0.1, -0.05) is 55.5 Å². The zero-order valence-electron chi connectivity index (χ0n) is 41.8. The van der Waals surface area contributed by atoms with Crippen molar-refractivity contribution in [2.24, 2.45) is 16.1 Å². The summed E-state index contributed by atoms with van der Waals surface area (Å²) in [5.41, 5.74) is 6.45. The number of hydrogen-bond donors (Lipinski definition) is 6. The average molecular weight is 1030 g/mol.